The molecule has 0 unspecified atom stereocenters. The molecule has 2 amide bonds. The topological polar surface area (TPSA) is 58.6 Å². The van der Waals surface area contributed by atoms with Crippen molar-refractivity contribution < 1.29 is 14.3 Å². The second-order valence-electron chi connectivity index (χ2n) is 7.91. The summed E-state index contributed by atoms with van der Waals surface area (Å²) in [6.07, 6.45) is 0.234. The molecule has 1 aliphatic heterocycles. The zero-order chi connectivity index (χ0) is 21.8. The molecule has 1 saturated heterocycles. The molecule has 0 saturated carbocycles. The van der Waals surface area contributed by atoms with Crippen molar-refractivity contribution in [2.45, 2.75) is 26.3 Å². The summed E-state index contributed by atoms with van der Waals surface area (Å²) in [7, 11) is 0. The molecule has 1 N–H and O–H groups in total. The number of carbonyl (C=O) groups excluding carboxylic acids is 2. The van der Waals surface area contributed by atoms with Crippen molar-refractivity contribution in [2.75, 3.05) is 11.9 Å². The number of para-hydroxylation sites is 1. The normalized spacial score (nSPS) is 16.8. The molecular formula is C26H26N2O3. The van der Waals surface area contributed by atoms with Gasteiger partial charge in [0, 0.05) is 18.7 Å². The van der Waals surface area contributed by atoms with Gasteiger partial charge in [0.15, 0.2) is 0 Å². The van der Waals surface area contributed by atoms with Crippen molar-refractivity contribution in [3.8, 4) is 11.5 Å². The number of carbonyl (C=O) groups is 2. The highest BCUT2D eigenvalue weighted by Crippen LogP contribution is 2.30. The van der Waals surface area contributed by atoms with Crippen LogP contribution >= 0.6 is 0 Å². The molecule has 158 valence electrons. The highest BCUT2D eigenvalue weighted by Gasteiger charge is 2.37. The van der Waals surface area contributed by atoms with Gasteiger partial charge in [-0.3, -0.25) is 9.59 Å². The Morgan fingerprint density at radius 2 is 1.68 bits per heavy atom. The van der Waals surface area contributed by atoms with Crippen LogP contribution in [0.4, 0.5) is 5.69 Å². The average molecular weight is 415 g/mol. The van der Waals surface area contributed by atoms with E-state index >= 15 is 0 Å². The minimum atomic E-state index is -0.360. The van der Waals surface area contributed by atoms with Crippen LogP contribution in [0.25, 0.3) is 0 Å². The average Bonchev–Trinajstić information content (AvgIpc) is 3.18. The summed E-state index contributed by atoms with van der Waals surface area (Å²) < 4.78 is 5.90. The summed E-state index contributed by atoms with van der Waals surface area (Å²) in [5.74, 6) is 1.02. The third-order valence-electron chi connectivity index (χ3n) is 5.72. The third kappa shape index (κ3) is 4.77. The predicted octanol–water partition coefficient (Wildman–Crippen LogP) is 5.34. The van der Waals surface area contributed by atoms with Gasteiger partial charge in [0.25, 0.3) is 0 Å². The fraction of sp³-hybridized carbons (Fsp3) is 0.231. The number of ether oxygens (including phenoxy) is 1. The van der Waals surface area contributed by atoms with Crippen LogP contribution in [-0.4, -0.2) is 23.3 Å². The molecule has 3 aromatic rings. The minimum absolute atomic E-state index is 0.0125. The highest BCUT2D eigenvalue weighted by atomic mass is 16.5. The lowest BCUT2D eigenvalue weighted by Gasteiger charge is -2.25. The number of rotatable bonds is 6. The number of anilines is 1. The van der Waals surface area contributed by atoms with Crippen molar-refractivity contribution >= 4 is 17.5 Å². The Kier molecular flexibility index (Phi) is 6.03. The van der Waals surface area contributed by atoms with E-state index < -0.39 is 0 Å². The van der Waals surface area contributed by atoms with Gasteiger partial charge >= 0.3 is 0 Å². The largest absolute Gasteiger partial charge is 0.457 e. The van der Waals surface area contributed by atoms with Crippen LogP contribution in [0.3, 0.4) is 0 Å². The van der Waals surface area contributed by atoms with E-state index in [0.29, 0.717) is 18.0 Å². The number of hydrogen-bond donors (Lipinski definition) is 1. The molecule has 5 heteroatoms. The highest BCUT2D eigenvalue weighted by molar-refractivity contribution is 5.97. The lowest BCUT2D eigenvalue weighted by molar-refractivity contribution is -0.129. The molecule has 0 bridgehead atoms. The summed E-state index contributed by atoms with van der Waals surface area (Å²) in [5, 5.41) is 2.93. The van der Waals surface area contributed by atoms with E-state index in [9.17, 15) is 9.59 Å². The first-order chi connectivity index (χ1) is 15.0. The van der Waals surface area contributed by atoms with Gasteiger partial charge in [0.05, 0.1) is 12.0 Å². The Morgan fingerprint density at radius 1 is 1.00 bits per heavy atom. The molecule has 1 heterocycles. The summed E-state index contributed by atoms with van der Waals surface area (Å²) in [5.41, 5.74) is 2.81. The van der Waals surface area contributed by atoms with Gasteiger partial charge in [0.2, 0.25) is 11.8 Å². The molecule has 3 aromatic carbocycles. The summed E-state index contributed by atoms with van der Waals surface area (Å²) >= 11 is 0. The maximum Gasteiger partial charge on any atom is 0.229 e. The molecule has 0 radical (unpaired) electrons. The number of likely N-dealkylation sites (tertiary alicyclic amines) is 1. The van der Waals surface area contributed by atoms with E-state index in [0.717, 1.165) is 16.9 Å². The predicted molar refractivity (Wildman–Crippen MR) is 121 cm³/mol. The molecule has 2 atom stereocenters. The molecule has 0 aromatic heterocycles. The second kappa shape index (κ2) is 9.04. The van der Waals surface area contributed by atoms with Gasteiger partial charge in [-0.25, -0.2) is 0 Å². The van der Waals surface area contributed by atoms with E-state index in [1.165, 1.54) is 0 Å². The summed E-state index contributed by atoms with van der Waals surface area (Å²) in [4.78, 5) is 27.1. The van der Waals surface area contributed by atoms with Crippen LogP contribution in [-0.2, 0) is 9.59 Å². The third-order valence-corrected chi connectivity index (χ3v) is 5.72. The maximum atomic E-state index is 12.8. The van der Waals surface area contributed by atoms with E-state index in [4.69, 9.17) is 4.74 Å². The molecule has 5 nitrogen and oxygen atoms in total. The van der Waals surface area contributed by atoms with Gasteiger partial charge in [-0.2, -0.15) is 0 Å². The van der Waals surface area contributed by atoms with Gasteiger partial charge in [-0.15, -0.1) is 0 Å². The molecule has 1 aliphatic rings. The van der Waals surface area contributed by atoms with Crippen LogP contribution < -0.4 is 10.1 Å². The van der Waals surface area contributed by atoms with Gasteiger partial charge in [-0.1, -0.05) is 48.5 Å². The first-order valence-corrected chi connectivity index (χ1v) is 10.5. The van der Waals surface area contributed by atoms with Crippen molar-refractivity contribution in [2.24, 2.45) is 5.92 Å². The van der Waals surface area contributed by atoms with Crippen molar-refractivity contribution in [3.05, 3.63) is 90.0 Å². The number of amides is 2. The smallest absolute Gasteiger partial charge is 0.229 e. The first-order valence-electron chi connectivity index (χ1n) is 10.5. The lowest BCUT2D eigenvalue weighted by Crippen LogP contribution is -2.30. The maximum absolute atomic E-state index is 12.8. The Bertz CT molecular complexity index is 1060. The van der Waals surface area contributed by atoms with E-state index in [-0.39, 0.29) is 30.2 Å². The van der Waals surface area contributed by atoms with Crippen LogP contribution in [0.15, 0.2) is 78.9 Å². The van der Waals surface area contributed by atoms with Crippen molar-refractivity contribution in [1.82, 2.24) is 4.90 Å². The van der Waals surface area contributed by atoms with Gasteiger partial charge in [0.1, 0.15) is 11.5 Å². The monoisotopic (exact) mass is 414 g/mol. The van der Waals surface area contributed by atoms with E-state index in [1.54, 1.807) is 4.90 Å². The second-order valence-corrected chi connectivity index (χ2v) is 7.91. The number of nitrogens with zero attached hydrogens (tertiary/aromatic N) is 1. The number of nitrogens with one attached hydrogen (secondary N) is 1. The molecule has 4 rings (SSSR count). The number of benzene rings is 3. The zero-order valence-electron chi connectivity index (χ0n) is 17.7. The molecule has 31 heavy (non-hydrogen) atoms. The molecular weight excluding hydrogens is 388 g/mol. The van der Waals surface area contributed by atoms with E-state index in [2.05, 4.69) is 5.32 Å². The van der Waals surface area contributed by atoms with Gasteiger partial charge < -0.3 is 15.0 Å². The fourth-order valence-corrected chi connectivity index (χ4v) is 3.84. The summed E-state index contributed by atoms with van der Waals surface area (Å²) in [6, 6.07) is 24.9. The standard InChI is InChI=1S/C26H26N2O3/c1-18-8-6-7-11-24(18)31-23-14-12-22(13-15-23)27-26(30)21-16-25(29)28(17-21)19(2)20-9-4-3-5-10-20/h3-15,19,21H,16-17H2,1-2H3,(H,27,30)/t19-,21-/m1/s1. The summed E-state index contributed by atoms with van der Waals surface area (Å²) in [6.45, 7) is 4.42. The van der Waals surface area contributed by atoms with Crippen molar-refractivity contribution in [3.63, 3.8) is 0 Å². The quantitative estimate of drug-likeness (QED) is 0.593. The van der Waals surface area contributed by atoms with E-state index in [1.807, 2.05) is 92.7 Å². The first kappa shape index (κ1) is 20.7. The molecule has 0 aliphatic carbocycles. The van der Waals surface area contributed by atoms with Crippen LogP contribution in [0, 0.1) is 12.8 Å². The number of aryl methyl sites for hydroxylation is 1. The van der Waals surface area contributed by atoms with Gasteiger partial charge in [-0.05, 0) is 55.3 Å². The Morgan fingerprint density at radius 3 is 2.39 bits per heavy atom. The van der Waals surface area contributed by atoms with Crippen molar-refractivity contribution in [1.29, 1.82) is 0 Å². The number of hydrogen-bond acceptors (Lipinski definition) is 3. The SMILES string of the molecule is Cc1ccccc1Oc1ccc(NC(=O)[C@@H]2CC(=O)N([C@H](C)c3ccccc3)C2)cc1. The molecule has 1 fully saturated rings. The molecule has 0 spiro atoms. The Balaban J connectivity index is 1.36. The van der Waals surface area contributed by atoms with Crippen LogP contribution in [0.1, 0.15) is 30.5 Å². The zero-order valence-corrected chi connectivity index (χ0v) is 17.7. The Labute approximate surface area is 182 Å². The fourth-order valence-electron chi connectivity index (χ4n) is 3.84. The van der Waals surface area contributed by atoms with Crippen LogP contribution in [0.5, 0.6) is 11.5 Å². The minimum Gasteiger partial charge on any atom is -0.457 e. The lowest BCUT2D eigenvalue weighted by atomic mass is 10.1. The Hall–Kier alpha value is -3.60. The van der Waals surface area contributed by atoms with Crippen LogP contribution in [0.2, 0.25) is 0 Å².